The molecular weight excluding hydrogens is 440 g/mol. The summed E-state index contributed by atoms with van der Waals surface area (Å²) in [5.74, 6) is 0.673. The van der Waals surface area contributed by atoms with Crippen LogP contribution in [0.5, 0.6) is 11.5 Å². The summed E-state index contributed by atoms with van der Waals surface area (Å²) in [6.45, 7) is 3.01. The van der Waals surface area contributed by atoms with Gasteiger partial charge in [-0.3, -0.25) is 4.79 Å². The first-order chi connectivity index (χ1) is 14.9. The average Bonchev–Trinajstić information content (AvgIpc) is 2.79. The summed E-state index contributed by atoms with van der Waals surface area (Å²) >= 11 is 6.03. The highest BCUT2D eigenvalue weighted by Crippen LogP contribution is 2.32. The van der Waals surface area contributed by atoms with Crippen LogP contribution in [-0.4, -0.2) is 45.4 Å². The average molecular weight is 467 g/mol. The molecule has 1 aliphatic heterocycles. The first-order valence-electron chi connectivity index (χ1n) is 10.2. The number of halogens is 1. The second-order valence-corrected chi connectivity index (χ2v) is 9.57. The highest BCUT2D eigenvalue weighted by Gasteiger charge is 2.34. The van der Waals surface area contributed by atoms with Gasteiger partial charge in [0.1, 0.15) is 16.4 Å². The molecule has 9 heteroatoms. The van der Waals surface area contributed by atoms with Crippen molar-refractivity contribution >= 4 is 27.5 Å². The Labute approximate surface area is 188 Å². The lowest BCUT2D eigenvalue weighted by atomic mass is 9.97. The number of nitrogens with one attached hydrogen (secondary N) is 1. The minimum atomic E-state index is -3.78. The molecule has 2 aromatic carbocycles. The van der Waals surface area contributed by atoms with Gasteiger partial charge >= 0.3 is 0 Å². The summed E-state index contributed by atoms with van der Waals surface area (Å²) in [5, 5.41) is 3.26. The van der Waals surface area contributed by atoms with E-state index in [1.165, 1.54) is 10.4 Å². The Hall–Kier alpha value is -2.29. The number of methoxy groups -OCH3 is 1. The number of para-hydroxylation sites is 1. The maximum atomic E-state index is 13.2. The SMILES string of the molecule is CCOc1ccc(Cl)cc1S(=O)(=O)N1CCC(C(=O)NCc2ccccc2OC)CC1. The summed E-state index contributed by atoms with van der Waals surface area (Å²) in [4.78, 5) is 12.7. The van der Waals surface area contributed by atoms with Crippen molar-refractivity contribution in [3.8, 4) is 11.5 Å². The first kappa shape index (κ1) is 23.4. The van der Waals surface area contributed by atoms with Gasteiger partial charge in [-0.05, 0) is 44.0 Å². The Bertz CT molecular complexity index is 1020. The van der Waals surface area contributed by atoms with E-state index in [9.17, 15) is 13.2 Å². The highest BCUT2D eigenvalue weighted by molar-refractivity contribution is 7.89. The summed E-state index contributed by atoms with van der Waals surface area (Å²) < 4.78 is 38.5. The van der Waals surface area contributed by atoms with E-state index in [0.717, 1.165) is 11.3 Å². The third-order valence-corrected chi connectivity index (χ3v) is 7.45. The Balaban J connectivity index is 1.62. The van der Waals surface area contributed by atoms with Crippen molar-refractivity contribution in [2.24, 2.45) is 5.92 Å². The predicted molar refractivity (Wildman–Crippen MR) is 119 cm³/mol. The fourth-order valence-electron chi connectivity index (χ4n) is 3.63. The van der Waals surface area contributed by atoms with Gasteiger partial charge in [0, 0.05) is 36.1 Å². The second-order valence-electron chi connectivity index (χ2n) is 7.23. The largest absolute Gasteiger partial charge is 0.496 e. The number of hydrogen-bond acceptors (Lipinski definition) is 5. The smallest absolute Gasteiger partial charge is 0.246 e. The van der Waals surface area contributed by atoms with Gasteiger partial charge in [0.2, 0.25) is 15.9 Å². The van der Waals surface area contributed by atoms with Crippen LogP contribution in [-0.2, 0) is 21.4 Å². The van der Waals surface area contributed by atoms with Gasteiger partial charge in [-0.15, -0.1) is 0 Å². The number of amides is 1. The number of benzene rings is 2. The minimum Gasteiger partial charge on any atom is -0.496 e. The van der Waals surface area contributed by atoms with Crippen LogP contribution >= 0.6 is 11.6 Å². The van der Waals surface area contributed by atoms with Gasteiger partial charge in [0.15, 0.2) is 0 Å². The van der Waals surface area contributed by atoms with Crippen LogP contribution in [0.4, 0.5) is 0 Å². The van der Waals surface area contributed by atoms with Crippen LogP contribution < -0.4 is 14.8 Å². The number of ether oxygens (including phenoxy) is 2. The van der Waals surface area contributed by atoms with Crippen molar-refractivity contribution in [2.45, 2.75) is 31.2 Å². The molecule has 1 amide bonds. The summed E-state index contributed by atoms with van der Waals surface area (Å²) in [5.41, 5.74) is 0.891. The van der Waals surface area contributed by atoms with E-state index in [1.807, 2.05) is 24.3 Å². The molecule has 0 aliphatic carbocycles. The lowest BCUT2D eigenvalue weighted by Gasteiger charge is -2.31. The van der Waals surface area contributed by atoms with E-state index in [1.54, 1.807) is 26.2 Å². The van der Waals surface area contributed by atoms with Gasteiger partial charge < -0.3 is 14.8 Å². The number of carbonyl (C=O) groups excluding carboxylic acids is 1. The van der Waals surface area contributed by atoms with E-state index in [4.69, 9.17) is 21.1 Å². The highest BCUT2D eigenvalue weighted by atomic mass is 35.5. The molecule has 0 spiro atoms. The number of sulfonamides is 1. The zero-order valence-electron chi connectivity index (χ0n) is 17.6. The van der Waals surface area contributed by atoms with E-state index in [0.29, 0.717) is 31.0 Å². The van der Waals surface area contributed by atoms with Gasteiger partial charge in [-0.1, -0.05) is 29.8 Å². The Morgan fingerprint density at radius 2 is 1.87 bits per heavy atom. The third-order valence-electron chi connectivity index (χ3n) is 5.29. The van der Waals surface area contributed by atoms with Crippen LogP contribution in [0.2, 0.25) is 5.02 Å². The van der Waals surface area contributed by atoms with E-state index < -0.39 is 10.0 Å². The fourth-order valence-corrected chi connectivity index (χ4v) is 5.49. The topological polar surface area (TPSA) is 84.9 Å². The predicted octanol–water partition coefficient (Wildman–Crippen LogP) is 3.46. The molecule has 0 aromatic heterocycles. The molecule has 0 radical (unpaired) electrons. The molecule has 0 saturated carbocycles. The molecule has 31 heavy (non-hydrogen) atoms. The molecule has 1 fully saturated rings. The Kier molecular flexibility index (Phi) is 7.80. The van der Waals surface area contributed by atoms with Crippen LogP contribution in [0.3, 0.4) is 0 Å². The lowest BCUT2D eigenvalue weighted by molar-refractivity contribution is -0.126. The maximum absolute atomic E-state index is 13.2. The summed E-state index contributed by atoms with van der Waals surface area (Å²) in [6, 6.07) is 12.1. The van der Waals surface area contributed by atoms with Crippen LogP contribution in [0.25, 0.3) is 0 Å². The normalized spacial score (nSPS) is 15.5. The van der Waals surface area contributed by atoms with Gasteiger partial charge in [-0.2, -0.15) is 4.31 Å². The van der Waals surface area contributed by atoms with Crippen molar-refractivity contribution in [3.05, 3.63) is 53.1 Å². The molecule has 7 nitrogen and oxygen atoms in total. The number of piperidine rings is 1. The van der Waals surface area contributed by atoms with E-state index >= 15 is 0 Å². The van der Waals surface area contributed by atoms with Gasteiger partial charge in [-0.25, -0.2) is 8.42 Å². The number of hydrogen-bond donors (Lipinski definition) is 1. The maximum Gasteiger partial charge on any atom is 0.246 e. The zero-order valence-corrected chi connectivity index (χ0v) is 19.2. The van der Waals surface area contributed by atoms with Crippen molar-refractivity contribution < 1.29 is 22.7 Å². The van der Waals surface area contributed by atoms with Gasteiger partial charge in [0.25, 0.3) is 0 Å². The van der Waals surface area contributed by atoms with Crippen LogP contribution in [0, 0.1) is 5.92 Å². The lowest BCUT2D eigenvalue weighted by Crippen LogP contribution is -2.43. The third kappa shape index (κ3) is 5.50. The Morgan fingerprint density at radius 3 is 2.55 bits per heavy atom. The van der Waals surface area contributed by atoms with Crippen molar-refractivity contribution in [3.63, 3.8) is 0 Å². The minimum absolute atomic E-state index is 0.0564. The zero-order chi connectivity index (χ0) is 22.4. The number of rotatable bonds is 8. The summed E-state index contributed by atoms with van der Waals surface area (Å²) in [6.07, 6.45) is 0.892. The fraction of sp³-hybridized carbons (Fsp3) is 0.409. The molecule has 3 rings (SSSR count). The quantitative estimate of drug-likeness (QED) is 0.644. The molecule has 1 heterocycles. The molecule has 168 valence electrons. The van der Waals surface area contributed by atoms with E-state index in [-0.39, 0.29) is 35.6 Å². The summed E-state index contributed by atoms with van der Waals surface area (Å²) in [7, 11) is -2.18. The molecule has 2 aromatic rings. The molecule has 0 bridgehead atoms. The van der Waals surface area contributed by atoms with Crippen LogP contribution in [0.15, 0.2) is 47.4 Å². The monoisotopic (exact) mass is 466 g/mol. The standard InChI is InChI=1S/C22H27ClN2O5S/c1-3-30-20-9-8-18(23)14-21(20)31(27,28)25-12-10-16(11-13-25)22(26)24-15-17-6-4-5-7-19(17)29-2/h4-9,14,16H,3,10-13,15H2,1-2H3,(H,24,26). The van der Waals surface area contributed by atoms with Crippen molar-refractivity contribution in [1.29, 1.82) is 0 Å². The molecule has 1 N–H and O–H groups in total. The van der Waals surface area contributed by atoms with Crippen molar-refractivity contribution in [2.75, 3.05) is 26.8 Å². The van der Waals surface area contributed by atoms with Crippen molar-refractivity contribution in [1.82, 2.24) is 9.62 Å². The van der Waals surface area contributed by atoms with Gasteiger partial charge in [0.05, 0.1) is 13.7 Å². The first-order valence-corrected chi connectivity index (χ1v) is 12.0. The molecule has 1 saturated heterocycles. The van der Waals surface area contributed by atoms with E-state index in [2.05, 4.69) is 5.32 Å². The number of carbonyl (C=O) groups is 1. The number of nitrogens with zero attached hydrogens (tertiary/aromatic N) is 1. The van der Waals surface area contributed by atoms with Crippen LogP contribution in [0.1, 0.15) is 25.3 Å². The molecule has 1 aliphatic rings. The molecule has 0 unspecified atom stereocenters. The molecule has 0 atom stereocenters. The molecular formula is C22H27ClN2O5S. The second kappa shape index (κ2) is 10.3. The Morgan fingerprint density at radius 1 is 1.16 bits per heavy atom.